The van der Waals surface area contributed by atoms with Crippen LogP contribution in [0.25, 0.3) is 0 Å². The molecule has 0 unspecified atom stereocenters. The van der Waals surface area contributed by atoms with Crippen LogP contribution in [-0.2, 0) is 22.5 Å². The SMILES string of the molecule is CCOC(=O)C1(Cc2ccccc2)CC[N+](C)(Cc2ccccc2)CC1. The van der Waals surface area contributed by atoms with Gasteiger partial charge in [0.25, 0.3) is 0 Å². The zero-order valence-electron chi connectivity index (χ0n) is 16.0. The fourth-order valence-corrected chi connectivity index (χ4v) is 4.11. The van der Waals surface area contributed by atoms with E-state index in [9.17, 15) is 4.79 Å². The van der Waals surface area contributed by atoms with Crippen LogP contribution >= 0.6 is 0 Å². The molecule has 1 fully saturated rings. The molecule has 3 heteroatoms. The number of hydrogen-bond donors (Lipinski definition) is 0. The number of carbonyl (C=O) groups excluding carboxylic acids is 1. The lowest BCUT2D eigenvalue weighted by Gasteiger charge is -2.45. The van der Waals surface area contributed by atoms with Gasteiger partial charge in [0.2, 0.25) is 0 Å². The van der Waals surface area contributed by atoms with Crippen LogP contribution in [0.15, 0.2) is 60.7 Å². The smallest absolute Gasteiger partial charge is 0.312 e. The average molecular weight is 352 g/mol. The molecule has 0 saturated carbocycles. The van der Waals surface area contributed by atoms with E-state index in [2.05, 4.69) is 49.5 Å². The highest BCUT2D eigenvalue weighted by Gasteiger charge is 2.47. The van der Waals surface area contributed by atoms with Crippen LogP contribution in [0.3, 0.4) is 0 Å². The zero-order valence-corrected chi connectivity index (χ0v) is 16.0. The normalized spacial score (nSPS) is 25.6. The zero-order chi connectivity index (χ0) is 18.5. The number of nitrogens with zero attached hydrogens (tertiary/aromatic N) is 1. The lowest BCUT2D eigenvalue weighted by molar-refractivity contribution is -0.928. The number of esters is 1. The van der Waals surface area contributed by atoms with E-state index in [4.69, 9.17) is 4.74 Å². The third kappa shape index (κ3) is 4.34. The molecule has 1 heterocycles. The highest BCUT2D eigenvalue weighted by atomic mass is 16.5. The Kier molecular flexibility index (Phi) is 5.77. The summed E-state index contributed by atoms with van der Waals surface area (Å²) in [4.78, 5) is 12.9. The predicted octanol–water partition coefficient (Wildman–Crippen LogP) is 4.22. The van der Waals surface area contributed by atoms with Gasteiger partial charge in [-0.25, -0.2) is 0 Å². The second kappa shape index (κ2) is 8.05. The Labute approximate surface area is 157 Å². The third-order valence-electron chi connectivity index (χ3n) is 5.76. The van der Waals surface area contributed by atoms with Crippen molar-refractivity contribution >= 4 is 5.97 Å². The number of ether oxygens (including phenoxy) is 1. The lowest BCUT2D eigenvalue weighted by Crippen LogP contribution is -2.54. The third-order valence-corrected chi connectivity index (χ3v) is 5.76. The van der Waals surface area contributed by atoms with Crippen molar-refractivity contribution in [2.45, 2.75) is 32.7 Å². The number of piperidine rings is 1. The summed E-state index contributed by atoms with van der Waals surface area (Å²) in [5, 5.41) is 0. The number of rotatable bonds is 6. The molecule has 0 bridgehead atoms. The second-order valence-electron chi connectivity index (χ2n) is 7.87. The van der Waals surface area contributed by atoms with Crippen LogP contribution in [0.2, 0.25) is 0 Å². The van der Waals surface area contributed by atoms with E-state index in [1.54, 1.807) is 0 Å². The van der Waals surface area contributed by atoms with Crippen LogP contribution in [-0.4, -0.2) is 37.2 Å². The van der Waals surface area contributed by atoms with Crippen LogP contribution in [0.1, 0.15) is 30.9 Å². The van der Waals surface area contributed by atoms with Gasteiger partial charge in [0.15, 0.2) is 0 Å². The van der Waals surface area contributed by atoms with Gasteiger partial charge in [0.1, 0.15) is 6.54 Å². The Morgan fingerprint density at radius 1 is 0.962 bits per heavy atom. The predicted molar refractivity (Wildman–Crippen MR) is 105 cm³/mol. The standard InChI is InChI=1S/C23H30NO2/c1-3-26-22(25)23(18-20-10-6-4-7-11-20)14-16-24(2,17-15-23)19-21-12-8-5-9-13-21/h4-13H,3,14-19H2,1-2H3/q+1. The first-order chi connectivity index (χ1) is 12.6. The Bertz CT molecular complexity index is 704. The first-order valence-electron chi connectivity index (χ1n) is 9.64. The first kappa shape index (κ1) is 18.7. The number of carbonyl (C=O) groups is 1. The molecule has 138 valence electrons. The van der Waals surface area contributed by atoms with Crippen molar-refractivity contribution in [3.05, 3.63) is 71.8 Å². The molecule has 3 nitrogen and oxygen atoms in total. The Hall–Kier alpha value is -2.13. The molecule has 1 aliphatic rings. The Morgan fingerprint density at radius 2 is 1.50 bits per heavy atom. The topological polar surface area (TPSA) is 26.3 Å². The van der Waals surface area contributed by atoms with Gasteiger partial charge in [-0.15, -0.1) is 0 Å². The minimum absolute atomic E-state index is 0.0187. The van der Waals surface area contributed by atoms with Gasteiger partial charge >= 0.3 is 5.97 Å². The first-order valence-corrected chi connectivity index (χ1v) is 9.64. The van der Waals surface area contributed by atoms with Gasteiger partial charge in [-0.2, -0.15) is 0 Å². The van der Waals surface area contributed by atoms with Gasteiger partial charge in [-0.3, -0.25) is 4.79 Å². The molecule has 1 saturated heterocycles. The molecule has 2 aromatic rings. The summed E-state index contributed by atoms with van der Waals surface area (Å²) >= 11 is 0. The van der Waals surface area contributed by atoms with Gasteiger partial charge in [0, 0.05) is 18.4 Å². The van der Waals surface area contributed by atoms with E-state index in [1.165, 1.54) is 11.1 Å². The number of hydrogen-bond acceptors (Lipinski definition) is 2. The Balaban J connectivity index is 1.75. The summed E-state index contributed by atoms with van der Waals surface area (Å²) < 4.78 is 6.48. The minimum atomic E-state index is -0.383. The molecule has 0 amide bonds. The van der Waals surface area contributed by atoms with Crippen molar-refractivity contribution in [1.29, 1.82) is 0 Å². The number of quaternary nitrogens is 1. The van der Waals surface area contributed by atoms with E-state index in [0.717, 1.165) is 43.4 Å². The molecule has 1 aliphatic heterocycles. The summed E-state index contributed by atoms with van der Waals surface area (Å²) in [5.74, 6) is -0.0187. The van der Waals surface area contributed by atoms with E-state index < -0.39 is 0 Å². The quantitative estimate of drug-likeness (QED) is 0.575. The molecule has 0 aliphatic carbocycles. The van der Waals surface area contributed by atoms with E-state index in [1.807, 2.05) is 25.1 Å². The van der Waals surface area contributed by atoms with Crippen LogP contribution in [0.5, 0.6) is 0 Å². The molecule has 0 spiro atoms. The lowest BCUT2D eigenvalue weighted by atomic mass is 9.73. The van der Waals surface area contributed by atoms with Crippen molar-refractivity contribution in [3.63, 3.8) is 0 Å². The fraction of sp³-hybridized carbons (Fsp3) is 0.435. The van der Waals surface area contributed by atoms with Gasteiger partial charge in [-0.05, 0) is 18.9 Å². The van der Waals surface area contributed by atoms with Crippen molar-refractivity contribution in [3.8, 4) is 0 Å². The maximum absolute atomic E-state index is 12.9. The number of likely N-dealkylation sites (tertiary alicyclic amines) is 1. The molecular weight excluding hydrogens is 322 g/mol. The van der Waals surface area contributed by atoms with Crippen molar-refractivity contribution in [2.75, 3.05) is 26.7 Å². The van der Waals surface area contributed by atoms with Crippen molar-refractivity contribution in [1.82, 2.24) is 0 Å². The maximum atomic E-state index is 12.9. The molecule has 26 heavy (non-hydrogen) atoms. The molecular formula is C23H30NO2+. The van der Waals surface area contributed by atoms with Crippen LogP contribution in [0.4, 0.5) is 0 Å². The molecule has 2 aromatic carbocycles. The van der Waals surface area contributed by atoms with Gasteiger partial charge < -0.3 is 9.22 Å². The summed E-state index contributed by atoms with van der Waals surface area (Å²) in [6.45, 7) is 5.37. The highest BCUT2D eigenvalue weighted by Crippen LogP contribution is 2.39. The Morgan fingerprint density at radius 3 is 2.04 bits per heavy atom. The summed E-state index contributed by atoms with van der Waals surface area (Å²) in [5.41, 5.74) is 2.20. The minimum Gasteiger partial charge on any atom is -0.466 e. The van der Waals surface area contributed by atoms with Crippen LogP contribution in [0, 0.1) is 5.41 Å². The molecule has 0 radical (unpaired) electrons. The van der Waals surface area contributed by atoms with E-state index >= 15 is 0 Å². The molecule has 0 aromatic heterocycles. The summed E-state index contributed by atoms with van der Waals surface area (Å²) in [6, 6.07) is 21.0. The monoisotopic (exact) mass is 352 g/mol. The highest BCUT2D eigenvalue weighted by molar-refractivity contribution is 5.77. The van der Waals surface area contributed by atoms with Gasteiger partial charge in [-0.1, -0.05) is 60.7 Å². The van der Waals surface area contributed by atoms with Crippen LogP contribution < -0.4 is 0 Å². The second-order valence-corrected chi connectivity index (χ2v) is 7.87. The van der Waals surface area contributed by atoms with Crippen molar-refractivity contribution < 1.29 is 14.0 Å². The van der Waals surface area contributed by atoms with E-state index in [-0.39, 0.29) is 11.4 Å². The molecule has 3 rings (SSSR count). The number of benzene rings is 2. The fourth-order valence-electron chi connectivity index (χ4n) is 4.11. The average Bonchev–Trinajstić information content (AvgIpc) is 2.66. The largest absolute Gasteiger partial charge is 0.466 e. The maximum Gasteiger partial charge on any atom is 0.312 e. The summed E-state index contributed by atoms with van der Waals surface area (Å²) in [6.07, 6.45) is 2.53. The molecule has 0 atom stereocenters. The summed E-state index contributed by atoms with van der Waals surface area (Å²) in [7, 11) is 2.31. The molecule has 0 N–H and O–H groups in total. The van der Waals surface area contributed by atoms with E-state index in [0.29, 0.717) is 6.61 Å². The van der Waals surface area contributed by atoms with Crippen molar-refractivity contribution in [2.24, 2.45) is 5.41 Å². The van der Waals surface area contributed by atoms with Gasteiger partial charge in [0.05, 0.1) is 32.2 Å².